The quantitative estimate of drug-likeness (QED) is 0.492. The largest absolute Gasteiger partial charge is 0.573 e. The van der Waals surface area contributed by atoms with Crippen molar-refractivity contribution in [3.05, 3.63) is 59.8 Å². The van der Waals surface area contributed by atoms with Gasteiger partial charge in [0.25, 0.3) is 6.43 Å². The van der Waals surface area contributed by atoms with Crippen LogP contribution in [0.5, 0.6) is 5.75 Å². The lowest BCUT2D eigenvalue weighted by atomic mass is 10.1. The van der Waals surface area contributed by atoms with Gasteiger partial charge in [-0.3, -0.25) is 0 Å². The molecule has 3 aromatic rings. The van der Waals surface area contributed by atoms with Gasteiger partial charge in [-0.15, -0.1) is 13.2 Å². The van der Waals surface area contributed by atoms with Gasteiger partial charge in [-0.05, 0) is 24.3 Å². The molecule has 0 atom stereocenters. The maximum absolute atomic E-state index is 14.6. The van der Waals surface area contributed by atoms with Crippen molar-refractivity contribution in [1.82, 2.24) is 9.78 Å². The van der Waals surface area contributed by atoms with Gasteiger partial charge >= 0.3 is 6.36 Å². The molecule has 1 heterocycles. The highest BCUT2D eigenvalue weighted by molar-refractivity contribution is 7.90. The van der Waals surface area contributed by atoms with Gasteiger partial charge in [0, 0.05) is 17.9 Å². The Hall–Kier alpha value is -3.09. The predicted octanol–water partition coefficient (Wildman–Crippen LogP) is 5.06. The molecule has 0 saturated carbocycles. The van der Waals surface area contributed by atoms with Gasteiger partial charge in [0.2, 0.25) is 0 Å². The summed E-state index contributed by atoms with van der Waals surface area (Å²) < 4.78 is 120. The molecule has 2 aromatic carbocycles. The third-order valence-corrected chi connectivity index (χ3v) is 5.06. The molecule has 3 rings (SSSR count). The Morgan fingerprint density at radius 1 is 1.03 bits per heavy atom. The number of alkyl halides is 5. The van der Waals surface area contributed by atoms with Crippen LogP contribution >= 0.6 is 0 Å². The van der Waals surface area contributed by atoms with Crippen molar-refractivity contribution >= 4 is 9.84 Å². The minimum Gasteiger partial charge on any atom is -0.406 e. The summed E-state index contributed by atoms with van der Waals surface area (Å²) in [6.07, 6.45) is -7.52. The second kappa shape index (κ2) is 7.87. The number of rotatable bonds is 5. The minimum absolute atomic E-state index is 0.131. The number of aromatic nitrogens is 2. The number of ether oxygens (including phenoxy) is 1. The first-order chi connectivity index (χ1) is 14.3. The van der Waals surface area contributed by atoms with Crippen LogP contribution in [0, 0.1) is 11.6 Å². The summed E-state index contributed by atoms with van der Waals surface area (Å²) in [6.45, 7) is 0. The third-order valence-electron chi connectivity index (χ3n) is 3.94. The minimum atomic E-state index is -5.02. The molecule has 31 heavy (non-hydrogen) atoms. The van der Waals surface area contributed by atoms with E-state index in [1.54, 1.807) is 0 Å². The van der Waals surface area contributed by atoms with E-state index in [2.05, 4.69) is 9.84 Å². The first-order valence-corrected chi connectivity index (χ1v) is 10.1. The van der Waals surface area contributed by atoms with Gasteiger partial charge in [-0.2, -0.15) is 5.10 Å². The molecule has 0 aliphatic rings. The zero-order chi connectivity index (χ0) is 23.1. The van der Waals surface area contributed by atoms with Crippen LogP contribution in [0.2, 0.25) is 0 Å². The highest BCUT2D eigenvalue weighted by Crippen LogP contribution is 2.33. The lowest BCUT2D eigenvalue weighted by Gasteiger charge is -2.12. The van der Waals surface area contributed by atoms with Crippen LogP contribution in [-0.2, 0) is 9.84 Å². The number of halogens is 7. The van der Waals surface area contributed by atoms with Crippen molar-refractivity contribution in [3.63, 3.8) is 0 Å². The molecule has 166 valence electrons. The maximum atomic E-state index is 14.6. The summed E-state index contributed by atoms with van der Waals surface area (Å²) in [6, 6.07) is 5.70. The molecule has 0 saturated heterocycles. The summed E-state index contributed by atoms with van der Waals surface area (Å²) in [5, 5.41) is 3.50. The standard InChI is InChI=1S/C18H11F7N2O3S/c1-31(28,29)16-7-11(19)15(6-12(16)20)27-14(8-13(26-27)17(21)22)9-3-2-4-10(5-9)30-18(23,24)25/h2-8,17H,1H3. The Balaban J connectivity index is 2.21. The van der Waals surface area contributed by atoms with E-state index in [0.29, 0.717) is 23.1 Å². The SMILES string of the molecule is CS(=O)(=O)c1cc(F)c(-n2nc(C(F)F)cc2-c2cccc(OC(F)(F)F)c2)cc1F. The van der Waals surface area contributed by atoms with E-state index >= 15 is 0 Å². The molecule has 0 bridgehead atoms. The zero-order valence-corrected chi connectivity index (χ0v) is 16.1. The van der Waals surface area contributed by atoms with Crippen LogP contribution in [-0.4, -0.2) is 30.8 Å². The molecule has 5 nitrogen and oxygen atoms in total. The van der Waals surface area contributed by atoms with E-state index in [-0.39, 0.29) is 11.3 Å². The Kier molecular flexibility index (Phi) is 5.74. The summed E-state index contributed by atoms with van der Waals surface area (Å²) in [5.74, 6) is -3.36. The van der Waals surface area contributed by atoms with Crippen molar-refractivity contribution in [2.45, 2.75) is 17.7 Å². The number of hydrogen-bond acceptors (Lipinski definition) is 4. The fraction of sp³-hybridized carbons (Fsp3) is 0.167. The van der Waals surface area contributed by atoms with E-state index in [9.17, 15) is 39.2 Å². The van der Waals surface area contributed by atoms with Crippen LogP contribution in [0.3, 0.4) is 0 Å². The topological polar surface area (TPSA) is 61.2 Å². The highest BCUT2D eigenvalue weighted by atomic mass is 32.2. The van der Waals surface area contributed by atoms with Crippen LogP contribution in [0.15, 0.2) is 47.4 Å². The number of hydrogen-bond donors (Lipinski definition) is 0. The Morgan fingerprint density at radius 3 is 2.29 bits per heavy atom. The summed E-state index contributed by atoms with van der Waals surface area (Å²) >= 11 is 0. The first kappa shape index (κ1) is 22.6. The average Bonchev–Trinajstić information content (AvgIpc) is 3.06. The lowest BCUT2D eigenvalue weighted by Crippen LogP contribution is -2.17. The van der Waals surface area contributed by atoms with Gasteiger partial charge in [0.1, 0.15) is 33.7 Å². The van der Waals surface area contributed by atoms with Gasteiger partial charge < -0.3 is 4.74 Å². The summed E-state index contributed by atoms with van der Waals surface area (Å²) in [7, 11) is -4.14. The van der Waals surface area contributed by atoms with Crippen LogP contribution in [0.4, 0.5) is 30.7 Å². The van der Waals surface area contributed by atoms with E-state index in [0.717, 1.165) is 24.3 Å². The first-order valence-electron chi connectivity index (χ1n) is 8.20. The van der Waals surface area contributed by atoms with Crippen molar-refractivity contribution in [2.24, 2.45) is 0 Å². The Morgan fingerprint density at radius 2 is 1.71 bits per heavy atom. The van der Waals surface area contributed by atoms with Crippen molar-refractivity contribution in [1.29, 1.82) is 0 Å². The second-order valence-electron chi connectivity index (χ2n) is 6.25. The number of nitrogens with zero attached hydrogens (tertiary/aromatic N) is 2. The molecule has 13 heteroatoms. The fourth-order valence-corrected chi connectivity index (χ4v) is 3.44. The fourth-order valence-electron chi connectivity index (χ4n) is 2.71. The predicted molar refractivity (Wildman–Crippen MR) is 93.7 cm³/mol. The van der Waals surface area contributed by atoms with Crippen LogP contribution < -0.4 is 4.74 Å². The molecule has 0 radical (unpaired) electrons. The number of sulfone groups is 1. The molecular formula is C18H11F7N2O3S. The summed E-state index contributed by atoms with van der Waals surface area (Å²) in [4.78, 5) is -0.961. The molecular weight excluding hydrogens is 457 g/mol. The molecule has 0 unspecified atom stereocenters. The summed E-state index contributed by atoms with van der Waals surface area (Å²) in [5.41, 5.74) is -2.04. The Labute approximate surface area is 170 Å². The van der Waals surface area contributed by atoms with Crippen molar-refractivity contribution in [3.8, 4) is 22.7 Å². The van der Waals surface area contributed by atoms with Crippen LogP contribution in [0.25, 0.3) is 16.9 Å². The van der Waals surface area contributed by atoms with Gasteiger partial charge in [0.15, 0.2) is 9.84 Å². The van der Waals surface area contributed by atoms with Gasteiger partial charge in [0.05, 0.1) is 5.69 Å². The van der Waals surface area contributed by atoms with Gasteiger partial charge in [-0.25, -0.2) is 30.7 Å². The van der Waals surface area contributed by atoms with E-state index in [1.165, 1.54) is 6.07 Å². The zero-order valence-electron chi connectivity index (χ0n) is 15.3. The van der Waals surface area contributed by atoms with Crippen molar-refractivity contribution < 1.29 is 43.9 Å². The molecule has 0 aliphatic carbocycles. The lowest BCUT2D eigenvalue weighted by molar-refractivity contribution is -0.274. The van der Waals surface area contributed by atoms with Crippen molar-refractivity contribution in [2.75, 3.05) is 6.26 Å². The van der Waals surface area contributed by atoms with E-state index in [1.807, 2.05) is 0 Å². The van der Waals surface area contributed by atoms with Crippen LogP contribution in [0.1, 0.15) is 12.1 Å². The number of benzene rings is 2. The third kappa shape index (κ3) is 4.98. The second-order valence-corrected chi connectivity index (χ2v) is 8.23. The van der Waals surface area contributed by atoms with E-state index in [4.69, 9.17) is 0 Å². The normalized spacial score (nSPS) is 12.4. The molecule has 0 fully saturated rings. The molecule has 0 spiro atoms. The smallest absolute Gasteiger partial charge is 0.406 e. The maximum Gasteiger partial charge on any atom is 0.573 e. The highest BCUT2D eigenvalue weighted by Gasteiger charge is 2.31. The molecule has 0 aliphatic heterocycles. The molecule has 1 aromatic heterocycles. The molecule has 0 amide bonds. The van der Waals surface area contributed by atoms with E-state index < -0.39 is 56.3 Å². The monoisotopic (exact) mass is 468 g/mol. The average molecular weight is 468 g/mol. The Bertz CT molecular complexity index is 1240. The van der Waals surface area contributed by atoms with Gasteiger partial charge in [-0.1, -0.05) is 12.1 Å². The molecule has 0 N–H and O–H groups in total.